The largest absolute Gasteiger partial charge is 0.340 e. The molecule has 2 amide bonds. The summed E-state index contributed by atoms with van der Waals surface area (Å²) in [6.07, 6.45) is 5.03. The Balaban J connectivity index is 1.28. The molecule has 2 heterocycles. The summed E-state index contributed by atoms with van der Waals surface area (Å²) in [6.45, 7) is 4.71. The molecule has 27 heavy (non-hydrogen) atoms. The van der Waals surface area contributed by atoms with Crippen LogP contribution in [0.1, 0.15) is 37.7 Å². The molecule has 2 saturated heterocycles. The van der Waals surface area contributed by atoms with Gasteiger partial charge in [0.25, 0.3) is 0 Å². The van der Waals surface area contributed by atoms with Gasteiger partial charge in [-0.25, -0.2) is 0 Å². The molecular weight excluding hydrogens is 362 g/mol. The van der Waals surface area contributed by atoms with Crippen molar-refractivity contribution >= 4 is 23.4 Å². The highest BCUT2D eigenvalue weighted by Crippen LogP contribution is 2.30. The number of rotatable bonds is 4. The second kappa shape index (κ2) is 8.19. The van der Waals surface area contributed by atoms with E-state index in [2.05, 4.69) is 11.0 Å². The lowest BCUT2D eigenvalue weighted by Crippen LogP contribution is -2.50. The molecule has 0 N–H and O–H groups in total. The zero-order valence-electron chi connectivity index (χ0n) is 15.8. The fourth-order valence-electron chi connectivity index (χ4n) is 4.74. The van der Waals surface area contributed by atoms with Crippen LogP contribution in [0.15, 0.2) is 24.3 Å². The lowest BCUT2D eigenvalue weighted by Gasteiger charge is -2.36. The van der Waals surface area contributed by atoms with E-state index in [1.165, 1.54) is 18.4 Å². The van der Waals surface area contributed by atoms with Gasteiger partial charge in [-0.15, -0.1) is 0 Å². The molecule has 2 aliphatic heterocycles. The molecule has 1 unspecified atom stereocenters. The maximum Gasteiger partial charge on any atom is 0.228 e. The lowest BCUT2D eigenvalue weighted by atomic mass is 10.1. The summed E-state index contributed by atoms with van der Waals surface area (Å²) in [5, 5.41) is 0.763. The molecule has 0 bridgehead atoms. The second-order valence-corrected chi connectivity index (χ2v) is 8.55. The highest BCUT2D eigenvalue weighted by atomic mass is 35.5. The Morgan fingerprint density at radius 3 is 2.56 bits per heavy atom. The van der Waals surface area contributed by atoms with Gasteiger partial charge in [0.15, 0.2) is 0 Å². The van der Waals surface area contributed by atoms with Crippen LogP contribution < -0.4 is 0 Å². The van der Waals surface area contributed by atoms with Gasteiger partial charge in [-0.2, -0.15) is 0 Å². The van der Waals surface area contributed by atoms with E-state index in [9.17, 15) is 9.59 Å². The summed E-state index contributed by atoms with van der Waals surface area (Å²) in [5.74, 6) is 0.212. The molecule has 4 rings (SSSR count). The van der Waals surface area contributed by atoms with Crippen LogP contribution in [0.25, 0.3) is 0 Å². The van der Waals surface area contributed by atoms with E-state index in [0.717, 1.165) is 50.6 Å². The molecule has 1 aromatic carbocycles. The molecule has 146 valence electrons. The van der Waals surface area contributed by atoms with Gasteiger partial charge in [0, 0.05) is 56.8 Å². The first kappa shape index (κ1) is 18.8. The maximum atomic E-state index is 12.9. The zero-order chi connectivity index (χ0) is 18.8. The van der Waals surface area contributed by atoms with Crippen molar-refractivity contribution in [2.24, 2.45) is 5.92 Å². The Morgan fingerprint density at radius 1 is 1.11 bits per heavy atom. The van der Waals surface area contributed by atoms with Crippen molar-refractivity contribution in [3.63, 3.8) is 0 Å². The average Bonchev–Trinajstić information content (AvgIpc) is 3.31. The van der Waals surface area contributed by atoms with Gasteiger partial charge >= 0.3 is 0 Å². The molecule has 1 atom stereocenters. The Kier molecular flexibility index (Phi) is 5.69. The first-order valence-electron chi connectivity index (χ1n) is 10.2. The van der Waals surface area contributed by atoms with Gasteiger partial charge in [-0.3, -0.25) is 14.5 Å². The zero-order valence-corrected chi connectivity index (χ0v) is 16.5. The van der Waals surface area contributed by atoms with Gasteiger partial charge in [0.2, 0.25) is 11.8 Å². The molecule has 3 aliphatic rings. The number of hydrogen-bond acceptors (Lipinski definition) is 3. The second-order valence-electron chi connectivity index (χ2n) is 8.12. The average molecular weight is 390 g/mol. The van der Waals surface area contributed by atoms with Crippen LogP contribution >= 0.6 is 11.6 Å². The topological polar surface area (TPSA) is 43.9 Å². The third-order valence-corrected chi connectivity index (χ3v) is 6.49. The highest BCUT2D eigenvalue weighted by Gasteiger charge is 2.40. The van der Waals surface area contributed by atoms with E-state index in [1.54, 1.807) is 0 Å². The Bertz CT molecular complexity index is 696. The van der Waals surface area contributed by atoms with Crippen LogP contribution in [0.5, 0.6) is 0 Å². The smallest absolute Gasteiger partial charge is 0.228 e. The first-order chi connectivity index (χ1) is 13.1. The normalized spacial score (nSPS) is 24.8. The molecule has 0 radical (unpaired) electrons. The minimum atomic E-state index is -0.141. The lowest BCUT2D eigenvalue weighted by molar-refractivity contribution is -0.137. The third-order valence-electron chi connectivity index (χ3n) is 6.25. The summed E-state index contributed by atoms with van der Waals surface area (Å²) in [5.41, 5.74) is 1.20. The van der Waals surface area contributed by atoms with E-state index in [4.69, 9.17) is 11.6 Å². The predicted molar refractivity (Wildman–Crippen MR) is 105 cm³/mol. The molecule has 1 saturated carbocycles. The fraction of sp³-hybridized carbons (Fsp3) is 0.619. The number of likely N-dealkylation sites (tertiary alicyclic amines) is 1. The number of carbonyl (C=O) groups excluding carboxylic acids is 2. The van der Waals surface area contributed by atoms with Crippen molar-refractivity contribution in [3.05, 3.63) is 34.9 Å². The molecular formula is C21H28ClN3O2. The summed E-state index contributed by atoms with van der Waals surface area (Å²) in [6, 6.07) is 8.33. The number of hydrogen-bond donors (Lipinski definition) is 0. The molecule has 5 nitrogen and oxygen atoms in total. The standard InChI is InChI=1S/C21H28ClN3O2/c22-18-5-3-4-16(12-18)14-23-8-10-24(11-9-23)21(27)17-13-20(26)25(15-17)19-6-1-2-7-19/h3-5,12,17,19H,1-2,6-11,13-15H2. The highest BCUT2D eigenvalue weighted by molar-refractivity contribution is 6.30. The van der Waals surface area contributed by atoms with Crippen LogP contribution in [-0.2, 0) is 16.1 Å². The van der Waals surface area contributed by atoms with Crippen molar-refractivity contribution in [1.29, 1.82) is 0 Å². The summed E-state index contributed by atoms with van der Waals surface area (Å²) in [7, 11) is 0. The van der Waals surface area contributed by atoms with E-state index in [-0.39, 0.29) is 17.7 Å². The number of nitrogens with zero attached hydrogens (tertiary/aromatic N) is 3. The minimum Gasteiger partial charge on any atom is -0.340 e. The van der Waals surface area contributed by atoms with Crippen LogP contribution in [0.3, 0.4) is 0 Å². The monoisotopic (exact) mass is 389 g/mol. The van der Waals surface area contributed by atoms with Gasteiger partial charge in [-0.1, -0.05) is 36.6 Å². The van der Waals surface area contributed by atoms with Crippen molar-refractivity contribution in [2.45, 2.75) is 44.7 Å². The Morgan fingerprint density at radius 2 is 1.85 bits per heavy atom. The number of benzene rings is 1. The SMILES string of the molecule is O=C(C1CC(=O)N(C2CCCC2)C1)N1CCN(Cc2cccc(Cl)c2)CC1. The molecule has 3 fully saturated rings. The predicted octanol–water partition coefficient (Wildman–Crippen LogP) is 2.78. The molecule has 1 aromatic rings. The van der Waals surface area contributed by atoms with Crippen LogP contribution in [0.4, 0.5) is 0 Å². The Hall–Kier alpha value is -1.59. The quantitative estimate of drug-likeness (QED) is 0.795. The summed E-state index contributed by atoms with van der Waals surface area (Å²) < 4.78 is 0. The van der Waals surface area contributed by atoms with Crippen LogP contribution in [0, 0.1) is 5.92 Å². The van der Waals surface area contributed by atoms with E-state index >= 15 is 0 Å². The van der Waals surface area contributed by atoms with Crippen molar-refractivity contribution < 1.29 is 9.59 Å². The summed E-state index contributed by atoms with van der Waals surface area (Å²) in [4.78, 5) is 31.6. The number of piperazine rings is 1. The minimum absolute atomic E-state index is 0.141. The number of amides is 2. The molecule has 6 heteroatoms. The van der Waals surface area contributed by atoms with E-state index in [0.29, 0.717) is 19.0 Å². The molecule has 0 spiro atoms. The third kappa shape index (κ3) is 4.30. The maximum absolute atomic E-state index is 12.9. The van der Waals surface area contributed by atoms with Crippen molar-refractivity contribution in [1.82, 2.24) is 14.7 Å². The van der Waals surface area contributed by atoms with Gasteiger partial charge in [-0.05, 0) is 30.5 Å². The molecule has 0 aromatic heterocycles. The van der Waals surface area contributed by atoms with Crippen LogP contribution in [-0.4, -0.2) is 65.3 Å². The van der Waals surface area contributed by atoms with E-state index in [1.807, 2.05) is 28.0 Å². The van der Waals surface area contributed by atoms with Crippen molar-refractivity contribution in [3.8, 4) is 0 Å². The van der Waals surface area contributed by atoms with Gasteiger partial charge < -0.3 is 9.80 Å². The Labute approximate surface area is 166 Å². The van der Waals surface area contributed by atoms with E-state index < -0.39 is 0 Å². The van der Waals surface area contributed by atoms with Gasteiger partial charge in [0.1, 0.15) is 0 Å². The fourth-order valence-corrected chi connectivity index (χ4v) is 4.96. The molecule has 1 aliphatic carbocycles. The van der Waals surface area contributed by atoms with Crippen LogP contribution in [0.2, 0.25) is 5.02 Å². The number of carbonyl (C=O) groups is 2. The summed E-state index contributed by atoms with van der Waals surface area (Å²) >= 11 is 6.07. The van der Waals surface area contributed by atoms with Crippen molar-refractivity contribution in [2.75, 3.05) is 32.7 Å². The number of halogens is 1. The first-order valence-corrected chi connectivity index (χ1v) is 10.5. The van der Waals surface area contributed by atoms with Gasteiger partial charge in [0.05, 0.1) is 5.92 Å².